The van der Waals surface area contributed by atoms with Crippen LogP contribution in [0.25, 0.3) is 0 Å². The highest BCUT2D eigenvalue weighted by Gasteiger charge is 2.46. The van der Waals surface area contributed by atoms with Crippen LogP contribution in [0.5, 0.6) is 0 Å². The summed E-state index contributed by atoms with van der Waals surface area (Å²) in [6.45, 7) is 1.78. The summed E-state index contributed by atoms with van der Waals surface area (Å²) in [5.41, 5.74) is 0.780. The van der Waals surface area contributed by atoms with Crippen LogP contribution in [0.2, 0.25) is 0 Å². The molecule has 1 aliphatic rings. The van der Waals surface area contributed by atoms with E-state index in [1.54, 1.807) is 24.5 Å². The van der Waals surface area contributed by atoms with Crippen LogP contribution in [-0.4, -0.2) is 40.6 Å². The molecule has 116 valence electrons. The van der Waals surface area contributed by atoms with E-state index in [9.17, 15) is 18.0 Å². The van der Waals surface area contributed by atoms with Crippen LogP contribution in [0.1, 0.15) is 25.3 Å². The van der Waals surface area contributed by atoms with Crippen LogP contribution < -0.4 is 5.32 Å². The third-order valence-electron chi connectivity index (χ3n) is 3.60. The highest BCUT2D eigenvalue weighted by atomic mass is 19.4. The van der Waals surface area contributed by atoms with Gasteiger partial charge in [-0.25, -0.2) is 0 Å². The summed E-state index contributed by atoms with van der Waals surface area (Å²) in [4.78, 5) is 16.3. The number of carbonyl (C=O) groups excluding carboxylic acids is 1. The zero-order chi connectivity index (χ0) is 15.5. The molecule has 1 aliphatic heterocycles. The number of likely N-dealkylation sites (tertiary alicyclic amines) is 1. The number of hydrogen-bond acceptors (Lipinski definition) is 3. The fourth-order valence-electron chi connectivity index (χ4n) is 2.72. The van der Waals surface area contributed by atoms with Gasteiger partial charge in [0, 0.05) is 38.4 Å². The van der Waals surface area contributed by atoms with E-state index >= 15 is 0 Å². The van der Waals surface area contributed by atoms with Gasteiger partial charge in [-0.3, -0.25) is 14.7 Å². The molecule has 1 aromatic rings. The second-order valence-corrected chi connectivity index (χ2v) is 5.32. The number of piperidine rings is 1. The SMILES string of the molecule is CC(=O)NC1CCC(C(F)(F)F)N(Cc2ccncc2)C1. The van der Waals surface area contributed by atoms with Crippen molar-refractivity contribution in [3.8, 4) is 0 Å². The van der Waals surface area contributed by atoms with Crippen LogP contribution in [0, 0.1) is 0 Å². The van der Waals surface area contributed by atoms with Crippen molar-refractivity contribution in [3.63, 3.8) is 0 Å². The Labute approximate surface area is 121 Å². The largest absolute Gasteiger partial charge is 0.404 e. The maximum atomic E-state index is 13.1. The molecule has 0 spiro atoms. The third-order valence-corrected chi connectivity index (χ3v) is 3.60. The van der Waals surface area contributed by atoms with Gasteiger partial charge in [-0.05, 0) is 30.5 Å². The Morgan fingerprint density at radius 2 is 2.05 bits per heavy atom. The molecule has 2 unspecified atom stereocenters. The van der Waals surface area contributed by atoms with E-state index in [4.69, 9.17) is 0 Å². The first-order valence-electron chi connectivity index (χ1n) is 6.83. The fourth-order valence-corrected chi connectivity index (χ4v) is 2.72. The van der Waals surface area contributed by atoms with E-state index < -0.39 is 12.2 Å². The summed E-state index contributed by atoms with van der Waals surface area (Å²) < 4.78 is 39.4. The summed E-state index contributed by atoms with van der Waals surface area (Å²) in [5.74, 6) is -0.214. The number of amides is 1. The quantitative estimate of drug-likeness (QED) is 0.930. The number of aromatic nitrogens is 1. The predicted octanol–water partition coefficient (Wildman–Crippen LogP) is 2.11. The molecule has 1 aromatic heterocycles. The first-order valence-corrected chi connectivity index (χ1v) is 6.83. The minimum atomic E-state index is -4.26. The lowest BCUT2D eigenvalue weighted by atomic mass is 9.97. The summed E-state index contributed by atoms with van der Waals surface area (Å²) in [5, 5.41) is 2.71. The van der Waals surface area contributed by atoms with Gasteiger partial charge in [0.15, 0.2) is 0 Å². The number of hydrogen-bond donors (Lipinski definition) is 1. The molecule has 1 N–H and O–H groups in total. The maximum Gasteiger partial charge on any atom is 0.404 e. The number of rotatable bonds is 3. The van der Waals surface area contributed by atoms with Gasteiger partial charge in [0.1, 0.15) is 6.04 Å². The molecule has 21 heavy (non-hydrogen) atoms. The summed E-state index contributed by atoms with van der Waals surface area (Å²) in [6.07, 6.45) is -0.787. The van der Waals surface area contributed by atoms with Crippen LogP contribution in [0.4, 0.5) is 13.2 Å². The maximum absolute atomic E-state index is 13.1. The predicted molar refractivity (Wildman–Crippen MR) is 71.3 cm³/mol. The Morgan fingerprint density at radius 3 is 2.62 bits per heavy atom. The molecule has 1 fully saturated rings. The summed E-state index contributed by atoms with van der Waals surface area (Å²) >= 11 is 0. The second-order valence-electron chi connectivity index (χ2n) is 5.32. The normalized spacial score (nSPS) is 23.8. The Balaban J connectivity index is 2.11. The van der Waals surface area contributed by atoms with E-state index in [2.05, 4.69) is 10.3 Å². The molecule has 1 saturated heterocycles. The van der Waals surface area contributed by atoms with Crippen molar-refractivity contribution in [2.24, 2.45) is 0 Å². The highest BCUT2D eigenvalue weighted by molar-refractivity contribution is 5.73. The molecule has 0 saturated carbocycles. The fraction of sp³-hybridized carbons (Fsp3) is 0.571. The lowest BCUT2D eigenvalue weighted by Crippen LogP contribution is -2.55. The van der Waals surface area contributed by atoms with Crippen molar-refractivity contribution in [1.82, 2.24) is 15.2 Å². The topological polar surface area (TPSA) is 45.2 Å². The second kappa shape index (κ2) is 6.43. The van der Waals surface area contributed by atoms with E-state index in [-0.39, 0.29) is 31.5 Å². The zero-order valence-corrected chi connectivity index (χ0v) is 11.7. The van der Waals surface area contributed by atoms with Crippen LogP contribution in [0.3, 0.4) is 0 Å². The number of alkyl halides is 3. The van der Waals surface area contributed by atoms with Crippen molar-refractivity contribution in [2.45, 2.75) is 44.6 Å². The molecule has 2 rings (SSSR count). The number of nitrogens with one attached hydrogen (secondary N) is 1. The van der Waals surface area contributed by atoms with Gasteiger partial charge < -0.3 is 5.32 Å². The van der Waals surface area contributed by atoms with Crippen LogP contribution in [-0.2, 0) is 11.3 Å². The average molecular weight is 301 g/mol. The Kier molecular flexibility index (Phi) is 4.82. The minimum absolute atomic E-state index is 0.000466. The van der Waals surface area contributed by atoms with Crippen molar-refractivity contribution < 1.29 is 18.0 Å². The Hall–Kier alpha value is -1.63. The Bertz CT molecular complexity index is 478. The average Bonchev–Trinajstić information content (AvgIpc) is 2.38. The van der Waals surface area contributed by atoms with Gasteiger partial charge in [-0.1, -0.05) is 0 Å². The molecule has 0 radical (unpaired) electrons. The molecule has 7 heteroatoms. The molecule has 0 aliphatic carbocycles. The van der Waals surface area contributed by atoms with Gasteiger partial charge in [-0.15, -0.1) is 0 Å². The summed E-state index contributed by atoms with van der Waals surface area (Å²) in [6, 6.07) is 1.71. The van der Waals surface area contributed by atoms with Gasteiger partial charge in [0.05, 0.1) is 0 Å². The molecule has 4 nitrogen and oxygen atoms in total. The van der Waals surface area contributed by atoms with Crippen molar-refractivity contribution in [1.29, 1.82) is 0 Å². The van der Waals surface area contributed by atoms with Crippen molar-refractivity contribution in [2.75, 3.05) is 6.54 Å². The minimum Gasteiger partial charge on any atom is -0.352 e. The standard InChI is InChI=1S/C14H18F3N3O/c1-10(21)19-12-2-3-13(14(15,16)17)20(9-12)8-11-4-6-18-7-5-11/h4-7,12-13H,2-3,8-9H2,1H3,(H,19,21). The highest BCUT2D eigenvalue weighted by Crippen LogP contribution is 2.32. The van der Waals surface area contributed by atoms with E-state index in [0.29, 0.717) is 6.42 Å². The van der Waals surface area contributed by atoms with Crippen molar-refractivity contribution in [3.05, 3.63) is 30.1 Å². The molecule has 2 atom stereocenters. The molecule has 2 heterocycles. The number of nitrogens with zero attached hydrogens (tertiary/aromatic N) is 2. The van der Waals surface area contributed by atoms with Gasteiger partial charge >= 0.3 is 6.18 Å². The smallest absolute Gasteiger partial charge is 0.352 e. The van der Waals surface area contributed by atoms with E-state index in [0.717, 1.165) is 5.56 Å². The number of carbonyl (C=O) groups is 1. The third kappa shape index (κ3) is 4.42. The lowest BCUT2D eigenvalue weighted by Gasteiger charge is -2.40. The number of pyridine rings is 1. The van der Waals surface area contributed by atoms with E-state index in [1.807, 2.05) is 0 Å². The first kappa shape index (κ1) is 15.8. The zero-order valence-electron chi connectivity index (χ0n) is 11.7. The molecule has 1 amide bonds. The van der Waals surface area contributed by atoms with Crippen molar-refractivity contribution >= 4 is 5.91 Å². The molecular formula is C14H18F3N3O. The molecule has 0 bridgehead atoms. The Morgan fingerprint density at radius 1 is 1.38 bits per heavy atom. The van der Waals surface area contributed by atoms with Crippen LogP contribution >= 0.6 is 0 Å². The molecule has 0 aromatic carbocycles. The molecular weight excluding hydrogens is 283 g/mol. The van der Waals surface area contributed by atoms with Crippen LogP contribution in [0.15, 0.2) is 24.5 Å². The van der Waals surface area contributed by atoms with Gasteiger partial charge in [-0.2, -0.15) is 13.2 Å². The van der Waals surface area contributed by atoms with Gasteiger partial charge in [0.2, 0.25) is 5.91 Å². The van der Waals surface area contributed by atoms with Gasteiger partial charge in [0.25, 0.3) is 0 Å². The monoisotopic (exact) mass is 301 g/mol. The van der Waals surface area contributed by atoms with E-state index in [1.165, 1.54) is 11.8 Å². The summed E-state index contributed by atoms with van der Waals surface area (Å²) in [7, 11) is 0. The first-order chi connectivity index (χ1) is 9.86. The lowest BCUT2D eigenvalue weighted by molar-refractivity contribution is -0.194. The number of halogens is 3.